The number of ether oxygens (including phenoxy) is 2. The fraction of sp³-hybridized carbons (Fsp3) is 0.250. The molecule has 0 saturated heterocycles. The van der Waals surface area contributed by atoms with Crippen LogP contribution in [-0.4, -0.2) is 35.2 Å². The molecule has 1 aliphatic rings. The Bertz CT molecular complexity index is 808. The zero-order valence-corrected chi connectivity index (χ0v) is 13.1. The predicted molar refractivity (Wildman–Crippen MR) is 81.0 cm³/mol. The van der Waals surface area contributed by atoms with Gasteiger partial charge in [-0.3, -0.25) is 9.69 Å². The first kappa shape index (κ1) is 15.7. The van der Waals surface area contributed by atoms with Gasteiger partial charge in [-0.2, -0.15) is 5.10 Å². The number of methoxy groups -OCH3 is 1. The number of amides is 1. The molecular weight excluding hydrogens is 314 g/mol. The van der Waals surface area contributed by atoms with E-state index in [1.807, 2.05) is 0 Å². The van der Waals surface area contributed by atoms with Crippen molar-refractivity contribution in [2.24, 2.45) is 0 Å². The number of hydrogen-bond acceptors (Lipinski definition) is 7. The molecule has 0 spiro atoms. The van der Waals surface area contributed by atoms with Gasteiger partial charge in [-0.25, -0.2) is 0 Å². The molecule has 8 nitrogen and oxygen atoms in total. The van der Waals surface area contributed by atoms with Gasteiger partial charge < -0.3 is 19.4 Å². The highest BCUT2D eigenvalue weighted by Gasteiger charge is 2.34. The van der Waals surface area contributed by atoms with Crippen LogP contribution in [0.25, 0.3) is 0 Å². The minimum absolute atomic E-state index is 0.0182. The van der Waals surface area contributed by atoms with E-state index in [4.69, 9.17) is 9.47 Å². The van der Waals surface area contributed by atoms with Crippen molar-refractivity contribution < 1.29 is 24.2 Å². The molecule has 8 heteroatoms. The summed E-state index contributed by atoms with van der Waals surface area (Å²) in [5.74, 6) is -1.15. The Morgan fingerprint density at radius 1 is 1.42 bits per heavy atom. The van der Waals surface area contributed by atoms with Gasteiger partial charge >= 0.3 is 0 Å². The molecule has 0 radical (unpaired) electrons. The van der Waals surface area contributed by atoms with Crippen LogP contribution in [0.3, 0.4) is 0 Å². The SMILES string of the molecule is CCC(C(=O)[O-])N1C(=O)c2ccnnc2Oc2ccc(OC)cc21. The van der Waals surface area contributed by atoms with Gasteiger partial charge in [0.05, 0.1) is 31.0 Å². The number of benzene rings is 1. The second kappa shape index (κ2) is 6.15. The van der Waals surface area contributed by atoms with Crippen LogP contribution in [0.4, 0.5) is 5.69 Å². The van der Waals surface area contributed by atoms with E-state index < -0.39 is 17.9 Å². The summed E-state index contributed by atoms with van der Waals surface area (Å²) in [5.41, 5.74) is 0.397. The van der Waals surface area contributed by atoms with E-state index in [9.17, 15) is 14.7 Å². The number of anilines is 1. The molecule has 1 aromatic carbocycles. The molecule has 0 saturated carbocycles. The second-order valence-electron chi connectivity index (χ2n) is 5.10. The lowest BCUT2D eigenvalue weighted by Crippen LogP contribution is -2.50. The van der Waals surface area contributed by atoms with Gasteiger partial charge in [-0.1, -0.05) is 6.92 Å². The van der Waals surface area contributed by atoms with Crippen molar-refractivity contribution in [2.45, 2.75) is 19.4 Å². The van der Waals surface area contributed by atoms with Crippen LogP contribution in [0, 0.1) is 0 Å². The Balaban J connectivity index is 2.25. The van der Waals surface area contributed by atoms with Gasteiger partial charge in [0.1, 0.15) is 11.3 Å². The van der Waals surface area contributed by atoms with Gasteiger partial charge in [0.25, 0.3) is 11.8 Å². The topological polar surface area (TPSA) is 105 Å². The van der Waals surface area contributed by atoms with Crippen molar-refractivity contribution in [3.8, 4) is 17.4 Å². The van der Waals surface area contributed by atoms with Crippen molar-refractivity contribution >= 4 is 17.6 Å². The maximum Gasteiger partial charge on any atom is 0.264 e. The van der Waals surface area contributed by atoms with Crippen LogP contribution >= 0.6 is 0 Å². The highest BCUT2D eigenvalue weighted by Crippen LogP contribution is 2.41. The van der Waals surface area contributed by atoms with Gasteiger partial charge in [0, 0.05) is 6.07 Å². The minimum atomic E-state index is -1.36. The molecule has 1 atom stereocenters. The number of carboxylic acids is 1. The lowest BCUT2D eigenvalue weighted by molar-refractivity contribution is -0.307. The first-order chi connectivity index (χ1) is 11.6. The van der Waals surface area contributed by atoms with Gasteiger partial charge in [0.2, 0.25) is 0 Å². The average Bonchev–Trinajstić information content (AvgIpc) is 2.70. The summed E-state index contributed by atoms with van der Waals surface area (Å²) >= 11 is 0. The predicted octanol–water partition coefficient (Wildman–Crippen LogP) is 0.766. The first-order valence-corrected chi connectivity index (χ1v) is 7.28. The van der Waals surface area contributed by atoms with Crippen LogP contribution in [-0.2, 0) is 4.79 Å². The van der Waals surface area contributed by atoms with Crippen molar-refractivity contribution in [3.63, 3.8) is 0 Å². The number of carboxylic acid groups (broad SMARTS) is 1. The van der Waals surface area contributed by atoms with E-state index in [1.165, 1.54) is 25.4 Å². The Labute approximate surface area is 137 Å². The van der Waals surface area contributed by atoms with E-state index in [1.54, 1.807) is 19.1 Å². The van der Waals surface area contributed by atoms with E-state index in [2.05, 4.69) is 10.2 Å². The molecule has 1 amide bonds. The summed E-state index contributed by atoms with van der Waals surface area (Å²) in [6.45, 7) is 1.66. The van der Waals surface area contributed by atoms with Crippen LogP contribution in [0.2, 0.25) is 0 Å². The number of hydrogen-bond donors (Lipinski definition) is 0. The van der Waals surface area contributed by atoms with Gasteiger partial charge in [-0.05, 0) is 24.6 Å². The second-order valence-corrected chi connectivity index (χ2v) is 5.10. The van der Waals surface area contributed by atoms with Crippen molar-refractivity contribution in [1.82, 2.24) is 10.2 Å². The molecule has 0 bridgehead atoms. The highest BCUT2D eigenvalue weighted by atomic mass is 16.5. The van der Waals surface area contributed by atoms with E-state index in [-0.39, 0.29) is 29.3 Å². The Morgan fingerprint density at radius 2 is 2.21 bits per heavy atom. The molecule has 1 unspecified atom stereocenters. The number of nitrogens with zero attached hydrogens (tertiary/aromatic N) is 3. The molecule has 1 aromatic heterocycles. The number of carbonyl (C=O) groups excluding carboxylic acids is 2. The van der Waals surface area contributed by atoms with Crippen LogP contribution in [0.15, 0.2) is 30.5 Å². The summed E-state index contributed by atoms with van der Waals surface area (Å²) in [4.78, 5) is 25.6. The summed E-state index contributed by atoms with van der Waals surface area (Å²) in [5, 5.41) is 19.1. The third-order valence-electron chi connectivity index (χ3n) is 3.74. The number of carbonyl (C=O) groups is 2. The summed E-state index contributed by atoms with van der Waals surface area (Å²) in [6.07, 6.45) is 1.51. The van der Waals surface area contributed by atoms with Crippen LogP contribution < -0.4 is 19.5 Å². The molecule has 1 aliphatic heterocycles. The molecule has 0 fully saturated rings. The molecule has 3 rings (SSSR count). The van der Waals surface area contributed by atoms with Crippen LogP contribution in [0.5, 0.6) is 17.4 Å². The fourth-order valence-electron chi connectivity index (χ4n) is 2.56. The Morgan fingerprint density at radius 3 is 2.88 bits per heavy atom. The van der Waals surface area contributed by atoms with Crippen molar-refractivity contribution in [2.75, 3.05) is 12.0 Å². The standard InChI is InChI=1S/C16H15N3O5/c1-3-11(16(21)22)19-12-8-9(23-2)4-5-13(12)24-14-10(15(19)20)6-7-17-18-14/h4-8,11H,3H2,1-2H3,(H,21,22)/p-1. The number of fused-ring (bicyclic) bond motifs is 2. The molecule has 0 N–H and O–H groups in total. The molecule has 0 aliphatic carbocycles. The zero-order valence-electron chi connectivity index (χ0n) is 13.1. The number of aromatic nitrogens is 2. The lowest BCUT2D eigenvalue weighted by Gasteiger charge is -2.31. The van der Waals surface area contributed by atoms with Gasteiger partial charge in [-0.15, -0.1) is 5.10 Å². The van der Waals surface area contributed by atoms with E-state index in [0.29, 0.717) is 5.75 Å². The maximum absolute atomic E-state index is 13.0. The van der Waals surface area contributed by atoms with Gasteiger partial charge in [0.15, 0.2) is 5.75 Å². The average molecular weight is 328 g/mol. The summed E-state index contributed by atoms with van der Waals surface area (Å²) in [7, 11) is 1.47. The smallest absolute Gasteiger partial charge is 0.264 e. The Hall–Kier alpha value is -3.16. The highest BCUT2D eigenvalue weighted by molar-refractivity contribution is 6.11. The fourth-order valence-corrected chi connectivity index (χ4v) is 2.56. The Kier molecular flexibility index (Phi) is 4.03. The van der Waals surface area contributed by atoms with Crippen LogP contribution in [0.1, 0.15) is 23.7 Å². The third kappa shape index (κ3) is 2.51. The number of rotatable bonds is 4. The monoisotopic (exact) mass is 328 g/mol. The zero-order chi connectivity index (χ0) is 17.3. The number of aliphatic carboxylic acids is 1. The van der Waals surface area contributed by atoms with Crippen molar-refractivity contribution in [3.05, 3.63) is 36.0 Å². The quantitative estimate of drug-likeness (QED) is 0.816. The molecule has 124 valence electrons. The molecular formula is C16H14N3O5-. The van der Waals surface area contributed by atoms with E-state index in [0.717, 1.165) is 4.90 Å². The van der Waals surface area contributed by atoms with Crippen molar-refractivity contribution in [1.29, 1.82) is 0 Å². The summed E-state index contributed by atoms with van der Waals surface area (Å²) < 4.78 is 10.8. The lowest BCUT2D eigenvalue weighted by atomic mass is 10.1. The normalized spacial score (nSPS) is 14.1. The van der Waals surface area contributed by atoms with E-state index >= 15 is 0 Å². The minimum Gasteiger partial charge on any atom is -0.548 e. The summed E-state index contributed by atoms with van der Waals surface area (Å²) in [6, 6.07) is 5.04. The first-order valence-electron chi connectivity index (χ1n) is 7.28. The molecule has 2 aromatic rings. The largest absolute Gasteiger partial charge is 0.548 e. The third-order valence-corrected chi connectivity index (χ3v) is 3.74. The maximum atomic E-state index is 13.0. The molecule has 2 heterocycles. The molecule has 24 heavy (non-hydrogen) atoms.